The molecule has 1 unspecified atom stereocenters. The molecule has 17 nitrogen and oxygen atoms in total. The second kappa shape index (κ2) is 19.0. The van der Waals surface area contributed by atoms with Crippen molar-refractivity contribution in [2.45, 2.75) is 88.0 Å². The van der Waals surface area contributed by atoms with Crippen LogP contribution in [0.5, 0.6) is 5.75 Å². The highest BCUT2D eigenvalue weighted by Crippen LogP contribution is 2.38. The summed E-state index contributed by atoms with van der Waals surface area (Å²) < 4.78 is 54.3. The minimum Gasteiger partial charge on any atom is -0.495 e. The van der Waals surface area contributed by atoms with Gasteiger partial charge in [-0.3, -0.25) is 29.3 Å². The molecule has 0 spiro atoms. The number of halogens is 3. The molecular formula is C51H52F3N13O4. The van der Waals surface area contributed by atoms with E-state index in [2.05, 4.69) is 31.6 Å². The van der Waals surface area contributed by atoms with Gasteiger partial charge in [-0.25, -0.2) is 27.7 Å². The molecule has 3 atom stereocenters. The van der Waals surface area contributed by atoms with E-state index in [1.165, 1.54) is 25.4 Å². The van der Waals surface area contributed by atoms with E-state index in [9.17, 15) is 28.4 Å². The number of nitrogens with zero attached hydrogens (tertiary/aromatic N) is 11. The summed E-state index contributed by atoms with van der Waals surface area (Å²) in [5.74, 6) is -2.37. The van der Waals surface area contributed by atoms with E-state index in [0.717, 1.165) is 62.9 Å². The van der Waals surface area contributed by atoms with Crippen molar-refractivity contribution in [2.24, 2.45) is 0 Å². The smallest absolute Gasteiger partial charge is 0.260 e. The highest BCUT2D eigenvalue weighted by Gasteiger charge is 2.42. The number of benzene rings is 2. The fourth-order valence-corrected chi connectivity index (χ4v) is 11.4. The molecule has 4 saturated heterocycles. The maximum absolute atomic E-state index is 15.6. The van der Waals surface area contributed by atoms with Gasteiger partial charge in [-0.1, -0.05) is 6.07 Å². The van der Waals surface area contributed by atoms with Crippen molar-refractivity contribution in [3.63, 3.8) is 0 Å². The number of carbonyl (C=O) groups excluding carboxylic acids is 3. The fraction of sp³-hybridized carbons (Fsp3) is 0.412. The molecule has 2 aromatic carbocycles. The van der Waals surface area contributed by atoms with Gasteiger partial charge in [0, 0.05) is 99.5 Å². The number of pyridine rings is 1. The van der Waals surface area contributed by atoms with E-state index in [1.807, 2.05) is 34.1 Å². The molecule has 366 valence electrons. The number of piperazine rings is 2. The Labute approximate surface area is 407 Å². The minimum atomic E-state index is -0.859. The molecule has 4 aromatic heterocycles. The summed E-state index contributed by atoms with van der Waals surface area (Å²) >= 11 is 0. The van der Waals surface area contributed by atoms with Crippen LogP contribution in [0, 0.1) is 28.8 Å². The van der Waals surface area contributed by atoms with Gasteiger partial charge in [0.15, 0.2) is 0 Å². The van der Waals surface area contributed by atoms with Crippen LogP contribution in [-0.4, -0.2) is 127 Å². The number of amides is 3. The molecule has 71 heavy (non-hydrogen) atoms. The lowest BCUT2D eigenvalue weighted by Crippen LogP contribution is -2.63. The third kappa shape index (κ3) is 8.76. The number of rotatable bonds is 10. The number of carbonyl (C=O) groups is 3. The van der Waals surface area contributed by atoms with Gasteiger partial charge in [0.2, 0.25) is 11.8 Å². The van der Waals surface area contributed by atoms with Crippen LogP contribution < -0.4 is 25.2 Å². The third-order valence-electron chi connectivity index (χ3n) is 15.0. The zero-order valence-electron chi connectivity index (χ0n) is 39.1. The van der Waals surface area contributed by atoms with Gasteiger partial charge in [0.05, 0.1) is 54.5 Å². The van der Waals surface area contributed by atoms with Crippen LogP contribution in [0.4, 0.5) is 30.4 Å². The van der Waals surface area contributed by atoms with Crippen LogP contribution in [0.15, 0.2) is 73.4 Å². The average Bonchev–Trinajstić information content (AvgIpc) is 4.05. The number of piperidine rings is 2. The lowest BCUT2D eigenvalue weighted by Gasteiger charge is -2.50. The van der Waals surface area contributed by atoms with Crippen molar-refractivity contribution in [1.82, 2.24) is 44.5 Å². The molecule has 1 saturated carbocycles. The number of ether oxygens (including phenoxy) is 1. The van der Waals surface area contributed by atoms with Gasteiger partial charge >= 0.3 is 0 Å². The first kappa shape index (κ1) is 45.9. The molecule has 2 bridgehead atoms. The third-order valence-corrected chi connectivity index (χ3v) is 15.0. The normalized spacial score (nSPS) is 22.9. The molecule has 5 aliphatic rings. The number of anilines is 3. The zero-order valence-corrected chi connectivity index (χ0v) is 39.1. The first-order valence-electron chi connectivity index (χ1n) is 24.3. The van der Waals surface area contributed by atoms with Crippen molar-refractivity contribution in [2.75, 3.05) is 61.5 Å². The number of fused-ring (bicyclic) bond motifs is 3. The highest BCUT2D eigenvalue weighted by atomic mass is 19.1. The molecule has 2 N–H and O–H groups in total. The molecule has 1 aliphatic carbocycles. The summed E-state index contributed by atoms with van der Waals surface area (Å²) in [7, 11) is 1.51. The fourth-order valence-electron chi connectivity index (χ4n) is 11.4. The molecule has 0 radical (unpaired) electrons. The van der Waals surface area contributed by atoms with Gasteiger partial charge in [0.1, 0.15) is 57.8 Å². The van der Waals surface area contributed by atoms with Crippen LogP contribution in [-0.2, 0) is 9.59 Å². The Kier molecular flexibility index (Phi) is 12.3. The summed E-state index contributed by atoms with van der Waals surface area (Å²) in [4.78, 5) is 55.8. The molecule has 3 amide bonds. The van der Waals surface area contributed by atoms with Crippen LogP contribution in [0.25, 0.3) is 28.0 Å². The predicted octanol–water partition coefficient (Wildman–Crippen LogP) is 6.36. The molecule has 6 aromatic rings. The number of nitrogens with one attached hydrogen (secondary N) is 2. The molecule has 5 fully saturated rings. The first-order valence-corrected chi connectivity index (χ1v) is 24.3. The Balaban J connectivity index is 0.733. The Hall–Kier alpha value is -7.53. The highest BCUT2D eigenvalue weighted by molar-refractivity contribution is 6.01. The molecule has 20 heteroatoms. The Bertz CT molecular complexity index is 3030. The summed E-state index contributed by atoms with van der Waals surface area (Å²) in [5.41, 5.74) is 3.92. The Morgan fingerprint density at radius 1 is 0.817 bits per heavy atom. The summed E-state index contributed by atoms with van der Waals surface area (Å²) in [6.07, 6.45) is 15.6. The number of aromatic nitrogens is 6. The number of methoxy groups -OCH3 is 1. The Morgan fingerprint density at radius 3 is 2.25 bits per heavy atom. The SMILES string of the molecule is COc1cc(N2CCN(C3CCC(n4cc(-c5cn6ncc(C#N)c6c(-c6ccc(N7C[C@H]8CCC[C@@H](C7)N8C(=O)c7c(F)cccc7F)nc6)n5)cn4)CC3)CC2)c(F)cc1NC1CCC(=O)NC1=O. The van der Waals surface area contributed by atoms with E-state index in [4.69, 9.17) is 19.8 Å². The van der Waals surface area contributed by atoms with Gasteiger partial charge in [0.25, 0.3) is 5.91 Å². The molecule has 8 heterocycles. The van der Waals surface area contributed by atoms with Crippen molar-refractivity contribution in [3.8, 4) is 34.3 Å². The van der Waals surface area contributed by atoms with Gasteiger partial charge in [-0.05, 0) is 75.6 Å². The summed E-state index contributed by atoms with van der Waals surface area (Å²) in [6.45, 7) is 3.82. The quantitative estimate of drug-likeness (QED) is 0.145. The number of imide groups is 1. The maximum atomic E-state index is 15.6. The van der Waals surface area contributed by atoms with Crippen LogP contribution in [0.1, 0.15) is 79.8 Å². The van der Waals surface area contributed by atoms with Crippen molar-refractivity contribution in [1.29, 1.82) is 5.26 Å². The molecular weight excluding hydrogens is 916 g/mol. The van der Waals surface area contributed by atoms with E-state index in [0.29, 0.717) is 102 Å². The Morgan fingerprint density at radius 2 is 1.56 bits per heavy atom. The monoisotopic (exact) mass is 967 g/mol. The van der Waals surface area contributed by atoms with Crippen molar-refractivity contribution < 1.29 is 32.3 Å². The van der Waals surface area contributed by atoms with Crippen LogP contribution in [0.2, 0.25) is 0 Å². The van der Waals surface area contributed by atoms with E-state index < -0.39 is 40.9 Å². The molecule has 11 rings (SSSR count). The van der Waals surface area contributed by atoms with Gasteiger partial charge in [-0.15, -0.1) is 0 Å². The number of hydrogen-bond acceptors (Lipinski definition) is 13. The zero-order chi connectivity index (χ0) is 48.9. The van der Waals surface area contributed by atoms with Crippen LogP contribution in [0.3, 0.4) is 0 Å². The summed E-state index contributed by atoms with van der Waals surface area (Å²) in [6, 6.07) is 12.1. The van der Waals surface area contributed by atoms with E-state index in [1.54, 1.807) is 27.9 Å². The maximum Gasteiger partial charge on any atom is 0.260 e. The van der Waals surface area contributed by atoms with Gasteiger partial charge in [-0.2, -0.15) is 15.5 Å². The second-order valence-corrected chi connectivity index (χ2v) is 19.1. The van der Waals surface area contributed by atoms with Crippen molar-refractivity contribution >= 4 is 40.4 Å². The largest absolute Gasteiger partial charge is 0.495 e. The minimum absolute atomic E-state index is 0.199. The van der Waals surface area contributed by atoms with Gasteiger partial charge < -0.3 is 24.8 Å². The average molecular weight is 968 g/mol. The summed E-state index contributed by atoms with van der Waals surface area (Å²) in [5, 5.41) is 24.8. The van der Waals surface area contributed by atoms with E-state index in [-0.39, 0.29) is 30.5 Å². The second-order valence-electron chi connectivity index (χ2n) is 19.1. The predicted molar refractivity (Wildman–Crippen MR) is 256 cm³/mol. The lowest BCUT2D eigenvalue weighted by atomic mass is 9.90. The lowest BCUT2D eigenvalue weighted by molar-refractivity contribution is -0.133. The standard InChI is InChI=1S/C51H52F3N13O4/c1-71-44-21-43(39(54)20-41(44)59-40-13-15-46(68)61-50(40)69)63-18-16-62(17-19-63)33-9-11-34(12-10-33)65-26-32(25-57-65)42-29-66-49(31(22-55)24-58-66)48(60-42)30-8-14-45(56-23-30)64-27-35-4-2-5-36(28-64)67(35)51(70)47-37(52)6-3-7-38(47)53/h3,6-8,14,20-21,23-26,29,33-36,40,59H,2,4-5,9-13,15-19,27-28H2,1H3,(H,61,68,69)/t33?,34?,35-,36+,40?. The molecule has 4 aliphatic heterocycles. The van der Waals surface area contributed by atoms with E-state index >= 15 is 4.39 Å². The van der Waals surface area contributed by atoms with Crippen molar-refractivity contribution in [3.05, 3.63) is 102 Å². The first-order chi connectivity index (χ1) is 34.5. The topological polar surface area (TPSA) is 182 Å². The number of nitriles is 1. The van der Waals surface area contributed by atoms with Crippen LogP contribution >= 0.6 is 0 Å². The number of hydrogen-bond donors (Lipinski definition) is 2.